The third-order valence-corrected chi connectivity index (χ3v) is 4.63. The summed E-state index contributed by atoms with van der Waals surface area (Å²) >= 11 is 1.33. The predicted octanol–water partition coefficient (Wildman–Crippen LogP) is 6.22. The van der Waals surface area contributed by atoms with Crippen LogP contribution in [0.4, 0.5) is 5.69 Å². The Balaban J connectivity index is 2.26. The van der Waals surface area contributed by atoms with E-state index in [2.05, 4.69) is 24.4 Å². The van der Waals surface area contributed by atoms with Crippen LogP contribution in [-0.2, 0) is 6.42 Å². The topological polar surface area (TPSA) is 55.2 Å². The van der Waals surface area contributed by atoms with Gasteiger partial charge in [-0.15, -0.1) is 11.8 Å². The lowest BCUT2D eigenvalue weighted by atomic mass is 10.0. The summed E-state index contributed by atoms with van der Waals surface area (Å²) in [6.07, 6.45) is 14.6. The molecule has 4 nitrogen and oxygen atoms in total. The number of benzene rings is 1. The number of thioether (sulfide) groups is 1. The molecule has 5 heteroatoms. The van der Waals surface area contributed by atoms with Gasteiger partial charge in [-0.1, -0.05) is 64.0 Å². The highest BCUT2D eigenvalue weighted by atomic mass is 32.2. The molecule has 1 rings (SSSR count). The molecule has 0 amide bonds. The molecule has 1 aromatic carbocycles. The Morgan fingerprint density at radius 1 is 1.08 bits per heavy atom. The van der Waals surface area contributed by atoms with Gasteiger partial charge in [0.2, 0.25) is 0 Å². The van der Waals surface area contributed by atoms with Crippen molar-refractivity contribution in [2.45, 2.75) is 64.7 Å². The molecule has 0 atom stereocenters. The third-order valence-electron chi connectivity index (χ3n) is 3.98. The lowest BCUT2D eigenvalue weighted by Gasteiger charge is -2.07. The Hall–Kier alpha value is -1.49. The Kier molecular flexibility index (Phi) is 11.0. The fourth-order valence-corrected chi connectivity index (χ4v) is 3.00. The minimum Gasteiger partial charge on any atom is -0.345 e. The first-order valence-electron chi connectivity index (χ1n) is 8.91. The number of aryl methyl sites for hydroxylation is 1. The van der Waals surface area contributed by atoms with Crippen LogP contribution in [-0.4, -0.2) is 11.2 Å². The fraction of sp³-hybridized carbons (Fsp3) is 0.579. The maximum absolute atomic E-state index is 10.5. The fourth-order valence-electron chi connectivity index (χ4n) is 2.59. The summed E-state index contributed by atoms with van der Waals surface area (Å²) in [6.45, 7) is 2.25. The maximum atomic E-state index is 10.5. The summed E-state index contributed by atoms with van der Waals surface area (Å²) in [4.78, 5) is 10.1. The van der Waals surface area contributed by atoms with Gasteiger partial charge in [0.25, 0.3) is 6.20 Å². The van der Waals surface area contributed by atoms with E-state index in [-0.39, 0.29) is 0 Å². The Morgan fingerprint density at radius 2 is 1.67 bits per heavy atom. The summed E-state index contributed by atoms with van der Waals surface area (Å²) in [6, 6.07) is 8.19. The van der Waals surface area contributed by atoms with Gasteiger partial charge in [0.05, 0.1) is 4.92 Å². The Bertz CT molecular complexity index is 501. The molecule has 0 bridgehead atoms. The van der Waals surface area contributed by atoms with Crippen LogP contribution in [0.3, 0.4) is 0 Å². The van der Waals surface area contributed by atoms with Gasteiger partial charge < -0.3 is 5.32 Å². The Labute approximate surface area is 150 Å². The third kappa shape index (κ3) is 9.60. The van der Waals surface area contributed by atoms with E-state index in [1.165, 1.54) is 68.7 Å². The van der Waals surface area contributed by atoms with Crippen LogP contribution < -0.4 is 5.32 Å². The van der Waals surface area contributed by atoms with Gasteiger partial charge in [0, 0.05) is 5.69 Å². The van der Waals surface area contributed by atoms with Crippen molar-refractivity contribution in [1.29, 1.82) is 0 Å². The van der Waals surface area contributed by atoms with Gasteiger partial charge >= 0.3 is 0 Å². The standard InChI is InChI=1S/C19H30N2O2S/c1-3-4-5-6-7-8-9-10-11-17-12-14-18(15-13-17)20-19(24-2)16-21(22)23/h12-16,20H,3-11H2,1-2H3. The van der Waals surface area contributed by atoms with Crippen LogP contribution in [0.1, 0.15) is 63.9 Å². The molecule has 134 valence electrons. The van der Waals surface area contributed by atoms with Gasteiger partial charge in [0.1, 0.15) is 5.03 Å². The highest BCUT2D eigenvalue weighted by Crippen LogP contribution is 2.19. The first kappa shape index (κ1) is 20.6. The molecule has 1 aromatic rings. The summed E-state index contributed by atoms with van der Waals surface area (Å²) in [7, 11) is 0. The molecule has 0 radical (unpaired) electrons. The van der Waals surface area contributed by atoms with E-state index in [9.17, 15) is 10.1 Å². The predicted molar refractivity (Wildman–Crippen MR) is 105 cm³/mol. The van der Waals surface area contributed by atoms with Crippen LogP contribution in [0, 0.1) is 10.1 Å². The molecule has 0 saturated carbocycles. The van der Waals surface area contributed by atoms with Gasteiger partial charge in [0.15, 0.2) is 0 Å². The zero-order chi connectivity index (χ0) is 17.6. The van der Waals surface area contributed by atoms with Crippen LogP contribution in [0.15, 0.2) is 35.5 Å². The van der Waals surface area contributed by atoms with Crippen molar-refractivity contribution in [2.75, 3.05) is 11.6 Å². The smallest absolute Gasteiger partial charge is 0.264 e. The van der Waals surface area contributed by atoms with Crippen LogP contribution in [0.25, 0.3) is 0 Å². The number of hydrogen-bond donors (Lipinski definition) is 1. The lowest BCUT2D eigenvalue weighted by molar-refractivity contribution is -0.402. The summed E-state index contributed by atoms with van der Waals surface area (Å²) in [5.74, 6) is 0. The van der Waals surface area contributed by atoms with Crippen LogP contribution in [0.5, 0.6) is 0 Å². The van der Waals surface area contributed by atoms with Crippen LogP contribution >= 0.6 is 11.8 Å². The zero-order valence-electron chi connectivity index (χ0n) is 14.9. The molecular weight excluding hydrogens is 320 g/mol. The average molecular weight is 351 g/mol. The van der Waals surface area contributed by atoms with E-state index in [0.717, 1.165) is 18.3 Å². The zero-order valence-corrected chi connectivity index (χ0v) is 15.7. The van der Waals surface area contributed by atoms with Gasteiger partial charge in [-0.2, -0.15) is 0 Å². The van der Waals surface area contributed by atoms with Gasteiger partial charge in [-0.3, -0.25) is 10.1 Å². The molecule has 0 heterocycles. The van der Waals surface area contributed by atoms with E-state index in [4.69, 9.17) is 0 Å². The normalized spacial score (nSPS) is 11.5. The second-order valence-corrected chi connectivity index (χ2v) is 6.88. The molecule has 1 N–H and O–H groups in total. The summed E-state index contributed by atoms with van der Waals surface area (Å²) < 4.78 is 0. The molecule has 0 unspecified atom stereocenters. The molecule has 0 saturated heterocycles. The van der Waals surface area contributed by atoms with Crippen molar-refractivity contribution >= 4 is 17.4 Å². The molecule has 0 fully saturated rings. The molecule has 0 aliphatic rings. The van der Waals surface area contributed by atoms with Gasteiger partial charge in [-0.25, -0.2) is 0 Å². The largest absolute Gasteiger partial charge is 0.345 e. The van der Waals surface area contributed by atoms with Crippen molar-refractivity contribution in [3.63, 3.8) is 0 Å². The minimum absolute atomic E-state index is 0.435. The number of rotatable bonds is 13. The molecule has 0 aliphatic heterocycles. The maximum Gasteiger partial charge on any atom is 0.264 e. The number of anilines is 1. The van der Waals surface area contributed by atoms with E-state index >= 15 is 0 Å². The number of unbranched alkanes of at least 4 members (excludes halogenated alkanes) is 7. The van der Waals surface area contributed by atoms with E-state index in [1.807, 2.05) is 18.4 Å². The number of nitrogens with one attached hydrogen (secondary N) is 1. The van der Waals surface area contributed by atoms with Crippen molar-refractivity contribution in [3.05, 3.63) is 51.2 Å². The number of nitro groups is 1. The number of hydrogen-bond acceptors (Lipinski definition) is 4. The van der Waals surface area contributed by atoms with Crippen molar-refractivity contribution in [3.8, 4) is 0 Å². The summed E-state index contributed by atoms with van der Waals surface area (Å²) in [5.41, 5.74) is 2.22. The molecule has 0 spiro atoms. The van der Waals surface area contributed by atoms with E-state index < -0.39 is 4.92 Å². The van der Waals surface area contributed by atoms with Crippen molar-refractivity contribution < 1.29 is 4.92 Å². The van der Waals surface area contributed by atoms with Gasteiger partial charge in [-0.05, 0) is 36.8 Å². The molecule has 0 aromatic heterocycles. The van der Waals surface area contributed by atoms with E-state index in [1.54, 1.807) is 0 Å². The molecule has 0 aliphatic carbocycles. The average Bonchev–Trinajstić information content (AvgIpc) is 2.57. The van der Waals surface area contributed by atoms with E-state index in [0.29, 0.717) is 5.03 Å². The SMILES string of the molecule is CCCCCCCCCCc1ccc(NC(=C[N+](=O)[O-])SC)cc1. The number of nitrogens with zero attached hydrogens (tertiary/aromatic N) is 1. The lowest BCUT2D eigenvalue weighted by Crippen LogP contribution is -1.99. The quantitative estimate of drug-likeness (QED) is 0.261. The first-order chi connectivity index (χ1) is 11.7. The highest BCUT2D eigenvalue weighted by molar-refractivity contribution is 8.02. The second-order valence-electron chi connectivity index (χ2n) is 6.03. The van der Waals surface area contributed by atoms with Crippen molar-refractivity contribution in [2.24, 2.45) is 0 Å². The highest BCUT2D eigenvalue weighted by Gasteiger charge is 2.02. The molecular formula is C19H30N2O2S. The second kappa shape index (κ2) is 12.9. The summed E-state index contributed by atoms with van der Waals surface area (Å²) in [5, 5.41) is 14.1. The van der Waals surface area contributed by atoms with Crippen molar-refractivity contribution in [1.82, 2.24) is 0 Å². The molecule has 24 heavy (non-hydrogen) atoms. The monoisotopic (exact) mass is 350 g/mol. The minimum atomic E-state index is -0.435. The van der Waals surface area contributed by atoms with Crippen LogP contribution in [0.2, 0.25) is 0 Å². The first-order valence-corrected chi connectivity index (χ1v) is 10.1. The Morgan fingerprint density at radius 3 is 2.21 bits per heavy atom.